The molecule has 1 aromatic rings. The third-order valence-corrected chi connectivity index (χ3v) is 3.95. The van der Waals surface area contributed by atoms with Gasteiger partial charge in [0.1, 0.15) is 0 Å². The third kappa shape index (κ3) is 3.39. The van der Waals surface area contributed by atoms with Gasteiger partial charge in [0.25, 0.3) is 0 Å². The first-order valence-electron chi connectivity index (χ1n) is 6.65. The normalized spacial score (nSPS) is 16.8. The molecule has 1 saturated heterocycles. The Hall–Kier alpha value is -0.730. The third-order valence-electron chi connectivity index (χ3n) is 3.66. The molecule has 0 aliphatic carbocycles. The van der Waals surface area contributed by atoms with E-state index < -0.39 is 0 Å². The van der Waals surface area contributed by atoms with Crippen molar-refractivity contribution in [3.05, 3.63) is 29.3 Å². The molecular weight excluding hydrogens is 246 g/mol. The van der Waals surface area contributed by atoms with Crippen LogP contribution in [-0.4, -0.2) is 26.8 Å². The lowest BCUT2D eigenvalue weighted by Crippen LogP contribution is -2.30. The van der Waals surface area contributed by atoms with E-state index in [9.17, 15) is 0 Å². The summed E-state index contributed by atoms with van der Waals surface area (Å²) in [7, 11) is 2.16. The molecule has 100 valence electrons. The van der Waals surface area contributed by atoms with Crippen molar-refractivity contribution < 1.29 is 4.74 Å². The number of ether oxygens (including phenoxy) is 1. The first-order valence-corrected chi connectivity index (χ1v) is 7.18. The highest BCUT2D eigenvalue weighted by atomic mass is 35.5. The highest BCUT2D eigenvalue weighted by Crippen LogP contribution is 2.25. The molecule has 0 N–H and O–H groups in total. The fourth-order valence-electron chi connectivity index (χ4n) is 2.61. The Kier molecular flexibility index (Phi) is 4.90. The van der Waals surface area contributed by atoms with Gasteiger partial charge in [-0.15, -0.1) is 11.6 Å². The Morgan fingerprint density at radius 3 is 2.72 bits per heavy atom. The minimum absolute atomic E-state index is 0.579. The molecule has 1 aliphatic rings. The number of alkyl halides is 1. The molecule has 0 unspecified atom stereocenters. The molecule has 0 aromatic heterocycles. The molecule has 0 saturated carbocycles. The zero-order chi connectivity index (χ0) is 13.0. The van der Waals surface area contributed by atoms with Gasteiger partial charge in [-0.2, -0.15) is 0 Å². The molecule has 1 heterocycles. The van der Waals surface area contributed by atoms with E-state index in [0.717, 1.165) is 25.7 Å². The van der Waals surface area contributed by atoms with Gasteiger partial charge in [0.2, 0.25) is 0 Å². The van der Waals surface area contributed by atoms with Gasteiger partial charge >= 0.3 is 0 Å². The Morgan fingerprint density at radius 2 is 2.06 bits per heavy atom. The molecule has 0 atom stereocenters. The first kappa shape index (κ1) is 13.7. The average Bonchev–Trinajstić information content (AvgIpc) is 2.39. The van der Waals surface area contributed by atoms with E-state index in [-0.39, 0.29) is 0 Å². The largest absolute Gasteiger partial charge is 0.381 e. The lowest BCUT2D eigenvalue weighted by Gasteiger charge is -2.29. The van der Waals surface area contributed by atoms with Crippen LogP contribution in [-0.2, 0) is 10.6 Å². The molecule has 0 spiro atoms. The van der Waals surface area contributed by atoms with Crippen LogP contribution < -0.4 is 4.90 Å². The molecule has 1 aromatic carbocycles. The lowest BCUT2D eigenvalue weighted by molar-refractivity contribution is 0.0685. The number of hydrogen-bond donors (Lipinski definition) is 0. The summed E-state index contributed by atoms with van der Waals surface area (Å²) in [6.07, 6.45) is 2.35. The van der Waals surface area contributed by atoms with Crippen LogP contribution in [0.15, 0.2) is 18.2 Å². The minimum Gasteiger partial charge on any atom is -0.381 e. The summed E-state index contributed by atoms with van der Waals surface area (Å²) in [6, 6.07) is 6.53. The van der Waals surface area contributed by atoms with Crippen LogP contribution >= 0.6 is 11.6 Å². The second kappa shape index (κ2) is 6.44. The van der Waals surface area contributed by atoms with Crippen LogP contribution in [0, 0.1) is 12.8 Å². The van der Waals surface area contributed by atoms with Gasteiger partial charge in [-0.1, -0.05) is 17.7 Å². The van der Waals surface area contributed by atoms with E-state index in [0.29, 0.717) is 5.88 Å². The molecule has 0 amide bonds. The van der Waals surface area contributed by atoms with Crippen molar-refractivity contribution in [3.63, 3.8) is 0 Å². The van der Waals surface area contributed by atoms with E-state index in [1.165, 1.54) is 29.7 Å². The number of halogens is 1. The van der Waals surface area contributed by atoms with Crippen molar-refractivity contribution in [1.29, 1.82) is 0 Å². The van der Waals surface area contributed by atoms with Crippen molar-refractivity contribution in [2.24, 2.45) is 5.92 Å². The lowest BCUT2D eigenvalue weighted by atomic mass is 9.99. The quantitative estimate of drug-likeness (QED) is 0.773. The maximum Gasteiger partial charge on any atom is 0.0494 e. The summed E-state index contributed by atoms with van der Waals surface area (Å²) in [5.41, 5.74) is 3.77. The topological polar surface area (TPSA) is 12.5 Å². The van der Waals surface area contributed by atoms with Gasteiger partial charge in [-0.05, 0) is 37.3 Å². The molecule has 0 radical (unpaired) electrons. The van der Waals surface area contributed by atoms with Crippen molar-refractivity contribution in [2.75, 3.05) is 31.7 Å². The van der Waals surface area contributed by atoms with Crippen molar-refractivity contribution in [1.82, 2.24) is 0 Å². The summed E-state index contributed by atoms with van der Waals surface area (Å²) in [5, 5.41) is 0. The number of anilines is 1. The van der Waals surface area contributed by atoms with Crippen molar-refractivity contribution in [3.8, 4) is 0 Å². The Balaban J connectivity index is 2.05. The predicted octanol–water partition coefficient (Wildman–Crippen LogP) is 3.60. The Bertz CT molecular complexity index is 388. The maximum atomic E-state index is 6.04. The minimum atomic E-state index is 0.579. The van der Waals surface area contributed by atoms with Gasteiger partial charge in [-0.3, -0.25) is 0 Å². The van der Waals surface area contributed by atoms with Gasteiger partial charge in [0.05, 0.1) is 0 Å². The monoisotopic (exact) mass is 267 g/mol. The van der Waals surface area contributed by atoms with Gasteiger partial charge in [-0.25, -0.2) is 0 Å². The smallest absolute Gasteiger partial charge is 0.0494 e. The summed E-state index contributed by atoms with van der Waals surface area (Å²) >= 11 is 6.04. The van der Waals surface area contributed by atoms with Gasteiger partial charge in [0.15, 0.2) is 0 Å². The zero-order valence-electron chi connectivity index (χ0n) is 11.3. The van der Waals surface area contributed by atoms with E-state index in [4.69, 9.17) is 16.3 Å². The zero-order valence-corrected chi connectivity index (χ0v) is 12.0. The van der Waals surface area contributed by atoms with Crippen LogP contribution in [0.2, 0.25) is 0 Å². The highest BCUT2D eigenvalue weighted by molar-refractivity contribution is 6.17. The number of aryl methyl sites for hydroxylation is 1. The SMILES string of the molecule is Cc1ccc(N(C)CC2CCOCC2)c(CCl)c1. The summed E-state index contributed by atoms with van der Waals surface area (Å²) in [6.45, 7) is 5.03. The van der Waals surface area contributed by atoms with Gasteiger partial charge < -0.3 is 9.64 Å². The second-order valence-corrected chi connectivity index (χ2v) is 5.47. The standard InChI is InChI=1S/C15H22ClNO/c1-12-3-4-15(14(9-12)10-16)17(2)11-13-5-7-18-8-6-13/h3-4,9,13H,5-8,10-11H2,1-2H3. The summed E-state index contributed by atoms with van der Waals surface area (Å²) in [5.74, 6) is 1.32. The Morgan fingerprint density at radius 1 is 1.33 bits per heavy atom. The average molecular weight is 268 g/mol. The number of benzene rings is 1. The first-order chi connectivity index (χ1) is 8.70. The second-order valence-electron chi connectivity index (χ2n) is 5.20. The number of hydrogen-bond acceptors (Lipinski definition) is 2. The van der Waals surface area contributed by atoms with Crippen molar-refractivity contribution >= 4 is 17.3 Å². The van der Waals surface area contributed by atoms with Crippen LogP contribution in [0.4, 0.5) is 5.69 Å². The van der Waals surface area contributed by atoms with E-state index >= 15 is 0 Å². The molecule has 2 nitrogen and oxygen atoms in total. The van der Waals surface area contributed by atoms with Crippen molar-refractivity contribution in [2.45, 2.75) is 25.6 Å². The van der Waals surface area contributed by atoms with Crippen LogP contribution in [0.25, 0.3) is 0 Å². The molecule has 1 aliphatic heterocycles. The van der Waals surface area contributed by atoms with Crippen LogP contribution in [0.1, 0.15) is 24.0 Å². The highest BCUT2D eigenvalue weighted by Gasteiger charge is 2.17. The van der Waals surface area contributed by atoms with Gasteiger partial charge in [0, 0.05) is 38.4 Å². The predicted molar refractivity (Wildman–Crippen MR) is 77.5 cm³/mol. The fraction of sp³-hybridized carbons (Fsp3) is 0.600. The summed E-state index contributed by atoms with van der Waals surface area (Å²) in [4.78, 5) is 2.34. The van der Waals surface area contributed by atoms with E-state index in [1.807, 2.05) is 0 Å². The molecule has 3 heteroatoms. The summed E-state index contributed by atoms with van der Waals surface area (Å²) < 4.78 is 5.41. The Labute approximate surface area is 115 Å². The molecular formula is C15H22ClNO. The molecule has 2 rings (SSSR count). The van der Waals surface area contributed by atoms with Crippen LogP contribution in [0.5, 0.6) is 0 Å². The van der Waals surface area contributed by atoms with Crippen LogP contribution in [0.3, 0.4) is 0 Å². The maximum absolute atomic E-state index is 6.04. The fourth-order valence-corrected chi connectivity index (χ4v) is 2.82. The molecule has 1 fully saturated rings. The number of rotatable bonds is 4. The molecule has 0 bridgehead atoms. The van der Waals surface area contributed by atoms with E-state index in [1.54, 1.807) is 0 Å². The molecule has 18 heavy (non-hydrogen) atoms. The number of nitrogens with zero attached hydrogens (tertiary/aromatic N) is 1. The van der Waals surface area contributed by atoms with E-state index in [2.05, 4.69) is 37.1 Å².